The molecule has 0 aliphatic heterocycles. The van der Waals surface area contributed by atoms with Crippen LogP contribution in [-0.4, -0.2) is 39.5 Å². The molecule has 2 aromatic rings. The van der Waals surface area contributed by atoms with Crippen molar-refractivity contribution in [3.05, 3.63) is 42.0 Å². The Morgan fingerprint density at radius 2 is 2.04 bits per heavy atom. The molecule has 138 valence electrons. The molecule has 1 fully saturated rings. The van der Waals surface area contributed by atoms with Crippen molar-refractivity contribution < 1.29 is 18.7 Å². The van der Waals surface area contributed by atoms with Crippen molar-refractivity contribution in [1.29, 1.82) is 0 Å². The maximum absolute atomic E-state index is 13.0. The number of benzene rings is 1. The van der Waals surface area contributed by atoms with E-state index < -0.39 is 17.4 Å². The fourth-order valence-electron chi connectivity index (χ4n) is 3.39. The number of hydrogen-bond donors (Lipinski definition) is 1. The first-order chi connectivity index (χ1) is 12.4. The zero-order chi connectivity index (χ0) is 18.7. The Kier molecular flexibility index (Phi) is 5.01. The van der Waals surface area contributed by atoms with Gasteiger partial charge in [0.1, 0.15) is 5.82 Å². The molecular formula is C18H21FN4O3. The first-order valence-electron chi connectivity index (χ1n) is 8.51. The summed E-state index contributed by atoms with van der Waals surface area (Å²) in [5.41, 5.74) is -0.0197. The van der Waals surface area contributed by atoms with Crippen LogP contribution in [0.25, 0.3) is 5.69 Å². The molecule has 1 N–H and O–H groups in total. The zero-order valence-electron chi connectivity index (χ0n) is 14.7. The highest BCUT2D eigenvalue weighted by atomic mass is 19.1. The smallest absolute Gasteiger partial charge is 0.311 e. The lowest BCUT2D eigenvalue weighted by atomic mass is 9.73. The Morgan fingerprint density at radius 3 is 2.73 bits per heavy atom. The zero-order valence-corrected chi connectivity index (χ0v) is 14.7. The summed E-state index contributed by atoms with van der Waals surface area (Å²) < 4.78 is 17.9. The number of methoxy groups -OCH3 is 1. The van der Waals surface area contributed by atoms with E-state index in [2.05, 4.69) is 15.5 Å². The van der Waals surface area contributed by atoms with Gasteiger partial charge in [0.05, 0.1) is 30.5 Å². The van der Waals surface area contributed by atoms with Crippen molar-refractivity contribution in [2.75, 3.05) is 7.11 Å². The number of ether oxygens (including phenoxy) is 1. The average molecular weight is 360 g/mol. The molecular weight excluding hydrogens is 339 g/mol. The average Bonchev–Trinajstić information content (AvgIpc) is 3.12. The predicted octanol–water partition coefficient (Wildman–Crippen LogP) is 2.26. The van der Waals surface area contributed by atoms with Crippen LogP contribution in [-0.2, 0) is 9.53 Å². The monoisotopic (exact) mass is 360 g/mol. The van der Waals surface area contributed by atoms with Crippen LogP contribution >= 0.6 is 0 Å². The van der Waals surface area contributed by atoms with Gasteiger partial charge in [-0.2, -0.15) is 9.90 Å². The number of carbonyl (C=O) groups excluding carboxylic acids is 2. The molecule has 0 spiro atoms. The maximum atomic E-state index is 13.0. The van der Waals surface area contributed by atoms with E-state index in [9.17, 15) is 14.0 Å². The largest absolute Gasteiger partial charge is 0.469 e. The standard InChI is InChI=1S/C18H21FN4O3/c1-18(10-4-3-5-14(18)17(25)26-2)21-16(24)15-11-20-23(22-15)13-8-6-12(19)7-9-13/h6-9,11,14H,3-5,10H2,1-2H3,(H,21,24)/t14-,18-/m0/s1. The third-order valence-electron chi connectivity index (χ3n) is 4.87. The SMILES string of the molecule is COC(=O)[C@@H]1CCCC[C@]1(C)NC(=O)c1cnn(-c2ccc(F)cc2)n1. The first-order valence-corrected chi connectivity index (χ1v) is 8.51. The van der Waals surface area contributed by atoms with Gasteiger partial charge in [0, 0.05) is 0 Å². The summed E-state index contributed by atoms with van der Waals surface area (Å²) in [6.07, 6.45) is 4.55. The quantitative estimate of drug-likeness (QED) is 0.845. The molecule has 0 radical (unpaired) electrons. The number of halogens is 1. The van der Waals surface area contributed by atoms with E-state index in [1.54, 1.807) is 0 Å². The third-order valence-corrected chi connectivity index (χ3v) is 4.87. The predicted molar refractivity (Wildman–Crippen MR) is 91.2 cm³/mol. The van der Waals surface area contributed by atoms with Crippen molar-refractivity contribution >= 4 is 11.9 Å². The Labute approximate surface area is 150 Å². The van der Waals surface area contributed by atoms with E-state index >= 15 is 0 Å². The van der Waals surface area contributed by atoms with Gasteiger partial charge in [-0.1, -0.05) is 12.8 Å². The Hall–Kier alpha value is -2.77. The molecule has 7 nitrogen and oxygen atoms in total. The molecule has 1 aliphatic rings. The fourth-order valence-corrected chi connectivity index (χ4v) is 3.39. The van der Waals surface area contributed by atoms with Crippen molar-refractivity contribution in [1.82, 2.24) is 20.3 Å². The lowest BCUT2D eigenvalue weighted by Gasteiger charge is -2.40. The van der Waals surface area contributed by atoms with E-state index in [0.717, 1.165) is 12.8 Å². The molecule has 0 saturated heterocycles. The lowest BCUT2D eigenvalue weighted by molar-refractivity contribution is -0.149. The van der Waals surface area contributed by atoms with Gasteiger partial charge in [-0.05, 0) is 44.0 Å². The molecule has 26 heavy (non-hydrogen) atoms. The normalized spacial score (nSPS) is 22.7. The summed E-state index contributed by atoms with van der Waals surface area (Å²) in [5.74, 6) is -1.48. The molecule has 1 aliphatic carbocycles. The highest BCUT2D eigenvalue weighted by molar-refractivity contribution is 5.93. The third kappa shape index (κ3) is 3.58. The van der Waals surface area contributed by atoms with Crippen molar-refractivity contribution in [3.8, 4) is 5.69 Å². The van der Waals surface area contributed by atoms with Gasteiger partial charge in [-0.15, -0.1) is 5.10 Å². The molecule has 1 aromatic heterocycles. The molecule has 1 aromatic carbocycles. The number of amides is 1. The van der Waals surface area contributed by atoms with Crippen LogP contribution in [0.3, 0.4) is 0 Å². The number of nitrogens with one attached hydrogen (secondary N) is 1. The second-order valence-corrected chi connectivity index (χ2v) is 6.69. The van der Waals surface area contributed by atoms with Gasteiger partial charge >= 0.3 is 5.97 Å². The second-order valence-electron chi connectivity index (χ2n) is 6.69. The van der Waals surface area contributed by atoms with Gasteiger partial charge in [-0.25, -0.2) is 4.39 Å². The second kappa shape index (κ2) is 7.23. The van der Waals surface area contributed by atoms with Gasteiger partial charge < -0.3 is 10.1 Å². The van der Waals surface area contributed by atoms with Gasteiger partial charge in [0.15, 0.2) is 5.69 Å². The fraction of sp³-hybridized carbons (Fsp3) is 0.444. The highest BCUT2D eigenvalue weighted by Gasteiger charge is 2.43. The minimum atomic E-state index is -0.692. The number of carbonyl (C=O) groups is 2. The van der Waals surface area contributed by atoms with E-state index in [-0.39, 0.29) is 17.5 Å². The van der Waals surface area contributed by atoms with Crippen LogP contribution in [0.5, 0.6) is 0 Å². The molecule has 1 amide bonds. The molecule has 3 rings (SSSR count). The number of aromatic nitrogens is 3. The summed E-state index contributed by atoms with van der Waals surface area (Å²) in [4.78, 5) is 26.0. The molecule has 1 saturated carbocycles. The van der Waals surface area contributed by atoms with Crippen molar-refractivity contribution in [2.45, 2.75) is 38.1 Å². The van der Waals surface area contributed by atoms with Crippen LogP contribution in [0, 0.1) is 11.7 Å². The summed E-state index contributed by atoms with van der Waals surface area (Å²) in [6.45, 7) is 1.86. The minimum absolute atomic E-state index is 0.129. The summed E-state index contributed by atoms with van der Waals surface area (Å²) in [6, 6.07) is 5.63. The molecule has 8 heteroatoms. The number of hydrogen-bond acceptors (Lipinski definition) is 5. The van der Waals surface area contributed by atoms with E-state index in [0.29, 0.717) is 18.5 Å². The maximum Gasteiger partial charge on any atom is 0.311 e. The Morgan fingerprint density at radius 1 is 1.31 bits per heavy atom. The van der Waals surface area contributed by atoms with Crippen LogP contribution in [0.1, 0.15) is 43.1 Å². The summed E-state index contributed by atoms with van der Waals surface area (Å²) in [7, 11) is 1.35. The minimum Gasteiger partial charge on any atom is -0.469 e. The number of rotatable bonds is 4. The summed E-state index contributed by atoms with van der Waals surface area (Å²) in [5, 5.41) is 11.1. The van der Waals surface area contributed by atoms with Gasteiger partial charge in [0.25, 0.3) is 5.91 Å². The van der Waals surface area contributed by atoms with Crippen LogP contribution in [0.2, 0.25) is 0 Å². The number of esters is 1. The highest BCUT2D eigenvalue weighted by Crippen LogP contribution is 2.34. The number of nitrogens with zero attached hydrogens (tertiary/aromatic N) is 3. The Bertz CT molecular complexity index is 805. The first kappa shape index (κ1) is 18.0. The van der Waals surface area contributed by atoms with E-state index in [1.165, 1.54) is 42.4 Å². The topological polar surface area (TPSA) is 86.1 Å². The summed E-state index contributed by atoms with van der Waals surface area (Å²) >= 11 is 0. The molecule has 0 unspecified atom stereocenters. The Balaban J connectivity index is 1.77. The van der Waals surface area contributed by atoms with Gasteiger partial charge in [0.2, 0.25) is 0 Å². The van der Waals surface area contributed by atoms with E-state index in [4.69, 9.17) is 4.74 Å². The van der Waals surface area contributed by atoms with Crippen molar-refractivity contribution in [3.63, 3.8) is 0 Å². The molecule has 0 bridgehead atoms. The van der Waals surface area contributed by atoms with Crippen LogP contribution in [0.4, 0.5) is 4.39 Å². The van der Waals surface area contributed by atoms with E-state index in [1.807, 2.05) is 6.92 Å². The van der Waals surface area contributed by atoms with Crippen LogP contribution < -0.4 is 5.32 Å². The lowest BCUT2D eigenvalue weighted by Crippen LogP contribution is -2.55. The molecule has 2 atom stereocenters. The van der Waals surface area contributed by atoms with Gasteiger partial charge in [-0.3, -0.25) is 9.59 Å². The van der Waals surface area contributed by atoms with Crippen molar-refractivity contribution in [2.24, 2.45) is 5.92 Å². The van der Waals surface area contributed by atoms with Crippen LogP contribution in [0.15, 0.2) is 30.5 Å². The molecule has 1 heterocycles.